The van der Waals surface area contributed by atoms with Gasteiger partial charge >= 0.3 is 0 Å². The third kappa shape index (κ3) is 3.55. The van der Waals surface area contributed by atoms with Crippen LogP contribution in [0.15, 0.2) is 47.3 Å². The summed E-state index contributed by atoms with van der Waals surface area (Å²) >= 11 is 0. The summed E-state index contributed by atoms with van der Waals surface area (Å²) in [5.41, 5.74) is 1.39. The molecule has 1 amide bonds. The summed E-state index contributed by atoms with van der Waals surface area (Å²) in [6, 6.07) is 13.1. The topological polar surface area (TPSA) is 55.2 Å². The van der Waals surface area contributed by atoms with Gasteiger partial charge in [-0.25, -0.2) is 4.68 Å². The predicted molar refractivity (Wildman–Crippen MR) is 93.6 cm³/mol. The first-order chi connectivity index (χ1) is 11.7. The number of carbonyl (C=O) groups excluding carboxylic acids is 1. The van der Waals surface area contributed by atoms with Crippen molar-refractivity contribution < 1.29 is 4.79 Å². The molecule has 0 unspecified atom stereocenters. The Labute approximate surface area is 141 Å². The lowest BCUT2D eigenvalue weighted by atomic mass is 10.00. The Morgan fingerprint density at radius 2 is 1.96 bits per heavy atom. The Bertz CT molecular complexity index is 755. The Kier molecular flexibility index (Phi) is 5.08. The highest BCUT2D eigenvalue weighted by molar-refractivity contribution is 5.76. The van der Waals surface area contributed by atoms with Gasteiger partial charge in [-0.3, -0.25) is 9.59 Å². The molecule has 2 aromatic rings. The second-order valence-corrected chi connectivity index (χ2v) is 6.23. The maximum atomic E-state index is 12.7. The number of aromatic nitrogens is 2. The largest absolute Gasteiger partial charge is 0.338 e. The first-order valence-corrected chi connectivity index (χ1v) is 8.62. The molecule has 1 atom stereocenters. The number of piperidine rings is 1. The zero-order valence-electron chi connectivity index (χ0n) is 14.0. The lowest BCUT2D eigenvalue weighted by Gasteiger charge is -2.35. The Morgan fingerprint density at radius 1 is 1.17 bits per heavy atom. The van der Waals surface area contributed by atoms with Crippen LogP contribution in [0.1, 0.15) is 32.6 Å². The van der Waals surface area contributed by atoms with Crippen LogP contribution in [0.25, 0.3) is 11.3 Å². The average molecular weight is 325 g/mol. The number of likely N-dealkylation sites (tertiary alicyclic amines) is 1. The fourth-order valence-corrected chi connectivity index (χ4v) is 3.30. The van der Waals surface area contributed by atoms with Crippen molar-refractivity contribution in [1.29, 1.82) is 0 Å². The SMILES string of the molecule is CC[C@H]1CCCCN1C(=O)Cn1nc(-c2ccccc2)ccc1=O. The molecule has 0 aliphatic carbocycles. The molecule has 0 bridgehead atoms. The number of carbonyl (C=O) groups is 1. The standard InChI is InChI=1S/C19H23N3O2/c1-2-16-10-6-7-13-21(16)19(24)14-22-18(23)12-11-17(20-22)15-8-4-3-5-9-15/h3-5,8-9,11-12,16H,2,6-7,10,13-14H2,1H3/t16-/m0/s1. The minimum Gasteiger partial charge on any atom is -0.338 e. The van der Waals surface area contributed by atoms with Crippen molar-refractivity contribution in [2.75, 3.05) is 6.54 Å². The van der Waals surface area contributed by atoms with Gasteiger partial charge < -0.3 is 4.90 Å². The van der Waals surface area contributed by atoms with Crippen molar-refractivity contribution in [1.82, 2.24) is 14.7 Å². The van der Waals surface area contributed by atoms with E-state index in [1.807, 2.05) is 35.2 Å². The summed E-state index contributed by atoms with van der Waals surface area (Å²) < 4.78 is 1.28. The second kappa shape index (κ2) is 7.43. The fourth-order valence-electron chi connectivity index (χ4n) is 3.30. The van der Waals surface area contributed by atoms with Crippen LogP contribution in [-0.4, -0.2) is 33.2 Å². The zero-order valence-corrected chi connectivity index (χ0v) is 14.0. The molecular formula is C19H23N3O2. The second-order valence-electron chi connectivity index (χ2n) is 6.23. The van der Waals surface area contributed by atoms with E-state index < -0.39 is 0 Å². The van der Waals surface area contributed by atoms with Gasteiger partial charge in [0, 0.05) is 24.2 Å². The summed E-state index contributed by atoms with van der Waals surface area (Å²) in [5, 5.41) is 4.38. The van der Waals surface area contributed by atoms with E-state index in [1.54, 1.807) is 6.07 Å². The van der Waals surface area contributed by atoms with Crippen molar-refractivity contribution in [3.05, 3.63) is 52.8 Å². The molecule has 24 heavy (non-hydrogen) atoms. The van der Waals surface area contributed by atoms with Crippen LogP contribution in [-0.2, 0) is 11.3 Å². The summed E-state index contributed by atoms with van der Waals surface area (Å²) in [7, 11) is 0. The van der Waals surface area contributed by atoms with Gasteiger partial charge in [-0.05, 0) is 31.7 Å². The third-order valence-corrected chi connectivity index (χ3v) is 4.64. The van der Waals surface area contributed by atoms with Crippen LogP contribution in [0.5, 0.6) is 0 Å². The first kappa shape index (κ1) is 16.4. The van der Waals surface area contributed by atoms with E-state index in [4.69, 9.17) is 0 Å². The van der Waals surface area contributed by atoms with Gasteiger partial charge in [0.25, 0.3) is 5.56 Å². The smallest absolute Gasteiger partial charge is 0.267 e. The molecule has 5 heteroatoms. The van der Waals surface area contributed by atoms with Gasteiger partial charge in [-0.1, -0.05) is 37.3 Å². The average Bonchev–Trinajstić information content (AvgIpc) is 2.64. The van der Waals surface area contributed by atoms with Crippen molar-refractivity contribution in [2.24, 2.45) is 0 Å². The molecule has 2 heterocycles. The summed E-state index contributed by atoms with van der Waals surface area (Å²) in [6.07, 6.45) is 4.21. The summed E-state index contributed by atoms with van der Waals surface area (Å²) in [4.78, 5) is 26.7. The number of rotatable bonds is 4. The van der Waals surface area contributed by atoms with Crippen molar-refractivity contribution in [3.63, 3.8) is 0 Å². The molecule has 1 aliphatic heterocycles. The quantitative estimate of drug-likeness (QED) is 0.868. The molecule has 0 saturated carbocycles. The van der Waals surface area contributed by atoms with E-state index in [0.717, 1.165) is 31.4 Å². The van der Waals surface area contributed by atoms with E-state index in [2.05, 4.69) is 12.0 Å². The monoisotopic (exact) mass is 325 g/mol. The minimum atomic E-state index is -0.243. The summed E-state index contributed by atoms with van der Waals surface area (Å²) in [6.45, 7) is 2.90. The van der Waals surface area contributed by atoms with Gasteiger partial charge in [-0.15, -0.1) is 0 Å². The van der Waals surface area contributed by atoms with Crippen molar-refractivity contribution in [2.45, 2.75) is 45.2 Å². The van der Waals surface area contributed by atoms with Crippen LogP contribution in [0.2, 0.25) is 0 Å². The minimum absolute atomic E-state index is 0.00993. The van der Waals surface area contributed by atoms with Crippen LogP contribution in [0.3, 0.4) is 0 Å². The molecule has 126 valence electrons. The highest BCUT2D eigenvalue weighted by atomic mass is 16.2. The Balaban J connectivity index is 1.82. The van der Waals surface area contributed by atoms with Gasteiger partial charge in [0.05, 0.1) is 5.69 Å². The number of amides is 1. The number of hydrogen-bond acceptors (Lipinski definition) is 3. The lowest BCUT2D eigenvalue weighted by molar-refractivity contribution is -0.135. The number of hydrogen-bond donors (Lipinski definition) is 0. The maximum Gasteiger partial charge on any atom is 0.267 e. The van der Waals surface area contributed by atoms with Crippen molar-refractivity contribution >= 4 is 5.91 Å². The molecule has 3 rings (SSSR count). The molecule has 5 nitrogen and oxygen atoms in total. The van der Waals surface area contributed by atoms with E-state index in [9.17, 15) is 9.59 Å². The molecule has 1 aromatic heterocycles. The summed E-state index contributed by atoms with van der Waals surface area (Å²) in [5.74, 6) is -0.0126. The molecule has 0 radical (unpaired) electrons. The van der Waals surface area contributed by atoms with Crippen molar-refractivity contribution in [3.8, 4) is 11.3 Å². The predicted octanol–water partition coefficient (Wildman–Crippen LogP) is 2.70. The molecule has 1 fully saturated rings. The van der Waals surface area contributed by atoms with Gasteiger partial charge in [0.2, 0.25) is 5.91 Å². The van der Waals surface area contributed by atoms with E-state index in [0.29, 0.717) is 11.7 Å². The molecular weight excluding hydrogens is 302 g/mol. The molecule has 0 spiro atoms. The highest BCUT2D eigenvalue weighted by Gasteiger charge is 2.25. The zero-order chi connectivity index (χ0) is 16.9. The lowest BCUT2D eigenvalue weighted by Crippen LogP contribution is -2.46. The van der Waals surface area contributed by atoms with E-state index >= 15 is 0 Å². The van der Waals surface area contributed by atoms with Crippen LogP contribution in [0.4, 0.5) is 0 Å². The molecule has 1 saturated heterocycles. The van der Waals surface area contributed by atoms with Gasteiger partial charge in [0.1, 0.15) is 6.54 Å². The van der Waals surface area contributed by atoms with E-state index in [-0.39, 0.29) is 18.0 Å². The molecule has 1 aliphatic rings. The van der Waals surface area contributed by atoms with Gasteiger partial charge in [-0.2, -0.15) is 5.10 Å². The Hall–Kier alpha value is -2.43. The fraction of sp³-hybridized carbons (Fsp3) is 0.421. The first-order valence-electron chi connectivity index (χ1n) is 8.62. The van der Waals surface area contributed by atoms with Gasteiger partial charge in [0.15, 0.2) is 0 Å². The van der Waals surface area contributed by atoms with E-state index in [1.165, 1.54) is 17.2 Å². The highest BCUT2D eigenvalue weighted by Crippen LogP contribution is 2.20. The molecule has 0 N–H and O–H groups in total. The van der Waals surface area contributed by atoms with Crippen LogP contribution in [0, 0.1) is 0 Å². The van der Waals surface area contributed by atoms with Crippen LogP contribution >= 0.6 is 0 Å². The maximum absolute atomic E-state index is 12.7. The molecule has 1 aromatic carbocycles. The number of nitrogens with zero attached hydrogens (tertiary/aromatic N) is 3. The van der Waals surface area contributed by atoms with Crippen LogP contribution < -0.4 is 5.56 Å². The third-order valence-electron chi connectivity index (χ3n) is 4.64. The normalized spacial score (nSPS) is 17.7. The Morgan fingerprint density at radius 3 is 2.71 bits per heavy atom. The number of benzene rings is 1.